The Morgan fingerprint density at radius 2 is 1.41 bits per heavy atom. The molecule has 1 aliphatic rings. The predicted molar refractivity (Wildman–Crippen MR) is 108 cm³/mol. The van der Waals surface area contributed by atoms with Crippen LogP contribution in [-0.2, 0) is 10.0 Å². The van der Waals surface area contributed by atoms with E-state index in [0.29, 0.717) is 18.0 Å². The topological polar surface area (TPSA) is 89.5 Å². The summed E-state index contributed by atoms with van der Waals surface area (Å²) in [5.41, 5.74) is 0.784. The van der Waals surface area contributed by atoms with E-state index < -0.39 is 15.8 Å². The molecule has 0 saturated heterocycles. The molecule has 3 aromatic carbocycles. The number of hydrogen-bond acceptors (Lipinski definition) is 5. The first kappa shape index (κ1) is 18.9. The molecule has 29 heavy (non-hydrogen) atoms. The zero-order chi connectivity index (χ0) is 20.6. The lowest BCUT2D eigenvalue weighted by molar-refractivity contribution is 0.0976. The second kappa shape index (κ2) is 7.18. The van der Waals surface area contributed by atoms with Gasteiger partial charge in [0.1, 0.15) is 5.75 Å². The molecule has 1 N–H and O–H groups in total. The molecule has 0 radical (unpaired) electrons. The summed E-state index contributed by atoms with van der Waals surface area (Å²) in [6.45, 7) is 2.35. The maximum Gasteiger partial charge on any atom is 0.262 e. The number of benzene rings is 3. The number of carbonyl (C=O) groups excluding carboxylic acids is 2. The van der Waals surface area contributed by atoms with Crippen molar-refractivity contribution in [1.82, 2.24) is 0 Å². The highest BCUT2D eigenvalue weighted by Crippen LogP contribution is 2.32. The third-order valence-corrected chi connectivity index (χ3v) is 6.04. The fourth-order valence-corrected chi connectivity index (χ4v) is 4.62. The molecule has 0 fully saturated rings. The number of ketones is 2. The van der Waals surface area contributed by atoms with Gasteiger partial charge in [0.05, 0.1) is 17.1 Å². The van der Waals surface area contributed by atoms with E-state index in [1.165, 1.54) is 24.3 Å². The lowest BCUT2D eigenvalue weighted by atomic mass is 9.84. The molecule has 0 heterocycles. The highest BCUT2D eigenvalue weighted by Gasteiger charge is 2.34. The zero-order valence-electron chi connectivity index (χ0n) is 15.5. The Kier molecular flexibility index (Phi) is 4.68. The van der Waals surface area contributed by atoms with Gasteiger partial charge in [0.15, 0.2) is 11.6 Å². The number of ether oxygens (including phenoxy) is 1. The largest absolute Gasteiger partial charge is 0.494 e. The van der Waals surface area contributed by atoms with Gasteiger partial charge in [-0.05, 0) is 37.3 Å². The quantitative estimate of drug-likeness (QED) is 0.545. The maximum absolute atomic E-state index is 13.0. The molecule has 3 aromatic rings. The van der Waals surface area contributed by atoms with Crippen LogP contribution in [0.1, 0.15) is 38.8 Å². The van der Waals surface area contributed by atoms with Crippen molar-refractivity contribution in [2.45, 2.75) is 11.8 Å². The molecule has 1 aliphatic carbocycles. The SMILES string of the molecule is CCOc1ccc(NS(=O)(=O)c2cccc3c2C(=O)c2ccccc2C3=O)cc1. The summed E-state index contributed by atoms with van der Waals surface area (Å²) in [5, 5.41) is 0. The molecule has 0 aromatic heterocycles. The minimum Gasteiger partial charge on any atom is -0.494 e. The molecule has 6 nitrogen and oxygen atoms in total. The van der Waals surface area contributed by atoms with Crippen molar-refractivity contribution in [2.75, 3.05) is 11.3 Å². The van der Waals surface area contributed by atoms with Gasteiger partial charge in [-0.1, -0.05) is 36.4 Å². The molecular weight excluding hydrogens is 390 g/mol. The van der Waals surface area contributed by atoms with E-state index in [0.717, 1.165) is 0 Å². The number of anilines is 1. The average molecular weight is 407 g/mol. The number of sulfonamides is 1. The van der Waals surface area contributed by atoms with Crippen molar-refractivity contribution >= 4 is 27.3 Å². The average Bonchev–Trinajstić information content (AvgIpc) is 2.73. The van der Waals surface area contributed by atoms with Crippen LogP contribution in [0.25, 0.3) is 0 Å². The molecule has 0 atom stereocenters. The Morgan fingerprint density at radius 1 is 0.793 bits per heavy atom. The Bertz CT molecular complexity index is 1230. The van der Waals surface area contributed by atoms with E-state index in [9.17, 15) is 18.0 Å². The molecule has 0 aliphatic heterocycles. The van der Waals surface area contributed by atoms with Crippen LogP contribution in [0, 0.1) is 0 Å². The van der Waals surface area contributed by atoms with Gasteiger partial charge in [-0.15, -0.1) is 0 Å². The first-order chi connectivity index (χ1) is 13.9. The minimum atomic E-state index is -4.10. The maximum atomic E-state index is 13.0. The summed E-state index contributed by atoms with van der Waals surface area (Å²) >= 11 is 0. The third-order valence-electron chi connectivity index (χ3n) is 4.62. The predicted octanol–water partition coefficient (Wildman–Crippen LogP) is 3.66. The number of carbonyl (C=O) groups is 2. The molecular formula is C22H17NO5S. The van der Waals surface area contributed by atoms with Gasteiger partial charge < -0.3 is 4.74 Å². The van der Waals surface area contributed by atoms with Gasteiger partial charge in [0, 0.05) is 22.4 Å². The van der Waals surface area contributed by atoms with Gasteiger partial charge in [-0.2, -0.15) is 0 Å². The van der Waals surface area contributed by atoms with E-state index in [2.05, 4.69) is 4.72 Å². The summed E-state index contributed by atoms with van der Waals surface area (Å²) in [5.74, 6) is -0.235. The minimum absolute atomic E-state index is 0.0864. The van der Waals surface area contributed by atoms with E-state index in [4.69, 9.17) is 4.74 Å². The lowest BCUT2D eigenvalue weighted by Crippen LogP contribution is -2.25. The van der Waals surface area contributed by atoms with E-state index >= 15 is 0 Å². The van der Waals surface area contributed by atoms with Gasteiger partial charge in [0.2, 0.25) is 0 Å². The van der Waals surface area contributed by atoms with Gasteiger partial charge in [0.25, 0.3) is 10.0 Å². The van der Waals surface area contributed by atoms with E-state index in [-0.39, 0.29) is 32.9 Å². The Morgan fingerprint density at radius 3 is 2.07 bits per heavy atom. The van der Waals surface area contributed by atoms with Crippen molar-refractivity contribution in [2.24, 2.45) is 0 Å². The first-order valence-electron chi connectivity index (χ1n) is 8.99. The first-order valence-corrected chi connectivity index (χ1v) is 10.5. The number of rotatable bonds is 5. The standard InChI is InChI=1S/C22H17NO5S/c1-2-28-15-12-10-14(11-13-15)23-29(26,27)19-9-5-8-18-20(19)22(25)17-7-4-3-6-16(17)21(18)24/h3-13,23H,2H2,1H3. The molecule has 4 rings (SSSR count). The summed E-state index contributed by atoms with van der Waals surface area (Å²) in [7, 11) is -4.10. The highest BCUT2D eigenvalue weighted by molar-refractivity contribution is 7.92. The van der Waals surface area contributed by atoms with E-state index in [1.807, 2.05) is 6.92 Å². The van der Waals surface area contributed by atoms with Crippen LogP contribution in [0.2, 0.25) is 0 Å². The number of nitrogens with one attached hydrogen (secondary N) is 1. The molecule has 146 valence electrons. The second-order valence-electron chi connectivity index (χ2n) is 6.45. The monoisotopic (exact) mass is 407 g/mol. The normalized spacial score (nSPS) is 12.9. The van der Waals surface area contributed by atoms with Gasteiger partial charge >= 0.3 is 0 Å². The third kappa shape index (κ3) is 3.30. The molecule has 7 heteroatoms. The van der Waals surface area contributed by atoms with Crippen LogP contribution in [0.15, 0.2) is 71.6 Å². The summed E-state index contributed by atoms with van der Waals surface area (Å²) in [4.78, 5) is 25.6. The summed E-state index contributed by atoms with van der Waals surface area (Å²) in [6, 6.07) is 17.1. The lowest BCUT2D eigenvalue weighted by Gasteiger charge is -2.20. The molecule has 0 saturated carbocycles. The Hall–Kier alpha value is -3.45. The smallest absolute Gasteiger partial charge is 0.262 e. The van der Waals surface area contributed by atoms with Crippen LogP contribution < -0.4 is 9.46 Å². The van der Waals surface area contributed by atoms with Crippen molar-refractivity contribution in [3.63, 3.8) is 0 Å². The molecule has 0 bridgehead atoms. The Balaban J connectivity index is 1.76. The fraction of sp³-hybridized carbons (Fsp3) is 0.0909. The zero-order valence-corrected chi connectivity index (χ0v) is 16.3. The number of fused-ring (bicyclic) bond motifs is 2. The number of hydrogen-bond donors (Lipinski definition) is 1. The summed E-state index contributed by atoms with van der Waals surface area (Å²) in [6.07, 6.45) is 0. The van der Waals surface area contributed by atoms with Crippen LogP contribution in [-0.4, -0.2) is 26.6 Å². The second-order valence-corrected chi connectivity index (χ2v) is 8.10. The van der Waals surface area contributed by atoms with E-state index in [1.54, 1.807) is 42.5 Å². The van der Waals surface area contributed by atoms with Gasteiger partial charge in [-0.25, -0.2) is 8.42 Å². The van der Waals surface area contributed by atoms with Crippen molar-refractivity contribution in [1.29, 1.82) is 0 Å². The van der Waals surface area contributed by atoms with Crippen LogP contribution in [0.3, 0.4) is 0 Å². The van der Waals surface area contributed by atoms with Crippen LogP contribution in [0.5, 0.6) is 5.75 Å². The Labute approximate surface area is 168 Å². The van der Waals surface area contributed by atoms with Crippen molar-refractivity contribution < 1.29 is 22.7 Å². The molecule has 0 spiro atoms. The fourth-order valence-electron chi connectivity index (χ4n) is 3.33. The molecule has 0 unspecified atom stereocenters. The van der Waals surface area contributed by atoms with Crippen molar-refractivity contribution in [3.05, 3.63) is 89.0 Å². The van der Waals surface area contributed by atoms with Crippen molar-refractivity contribution in [3.8, 4) is 5.75 Å². The van der Waals surface area contributed by atoms with Crippen LogP contribution in [0.4, 0.5) is 5.69 Å². The van der Waals surface area contributed by atoms with Crippen LogP contribution >= 0.6 is 0 Å². The highest BCUT2D eigenvalue weighted by atomic mass is 32.2. The molecule has 0 amide bonds. The summed E-state index contributed by atoms with van der Waals surface area (Å²) < 4.78 is 33.9. The van der Waals surface area contributed by atoms with Gasteiger partial charge in [-0.3, -0.25) is 14.3 Å².